The summed E-state index contributed by atoms with van der Waals surface area (Å²) in [5, 5.41) is 4.22. The van der Waals surface area contributed by atoms with Gasteiger partial charge in [0.1, 0.15) is 0 Å². The van der Waals surface area contributed by atoms with Crippen LogP contribution in [0.25, 0.3) is 0 Å². The largest absolute Gasteiger partial charge is 0.370 e. The van der Waals surface area contributed by atoms with E-state index in [2.05, 4.69) is 49.3 Å². The Morgan fingerprint density at radius 1 is 1.19 bits per heavy atom. The van der Waals surface area contributed by atoms with E-state index in [0.29, 0.717) is 6.04 Å². The monoisotopic (exact) mass is 308 g/mol. The second-order valence-electron chi connectivity index (χ2n) is 6.26. The third-order valence-corrected chi connectivity index (χ3v) is 5.22. The molecule has 2 rings (SSSR count). The second kappa shape index (κ2) is 8.05. The van der Waals surface area contributed by atoms with Crippen molar-refractivity contribution in [1.82, 2.24) is 5.32 Å². The van der Waals surface area contributed by atoms with E-state index >= 15 is 0 Å². The highest BCUT2D eigenvalue weighted by molar-refractivity contribution is 6.33. The predicted molar refractivity (Wildman–Crippen MR) is 93.3 cm³/mol. The zero-order valence-electron chi connectivity index (χ0n) is 13.7. The Morgan fingerprint density at radius 2 is 1.90 bits per heavy atom. The molecule has 0 atom stereocenters. The normalized spacial score (nSPS) is 22.3. The summed E-state index contributed by atoms with van der Waals surface area (Å²) >= 11 is 6.51. The van der Waals surface area contributed by atoms with Crippen LogP contribution in [0.15, 0.2) is 18.2 Å². The van der Waals surface area contributed by atoms with Gasteiger partial charge < -0.3 is 10.2 Å². The molecule has 1 aliphatic carbocycles. The van der Waals surface area contributed by atoms with Crippen LogP contribution in [0.4, 0.5) is 5.69 Å². The Balaban J connectivity index is 2.00. The number of nitrogens with zero attached hydrogens (tertiary/aromatic N) is 1. The van der Waals surface area contributed by atoms with Crippen LogP contribution in [-0.4, -0.2) is 19.6 Å². The summed E-state index contributed by atoms with van der Waals surface area (Å²) in [7, 11) is 2.20. The van der Waals surface area contributed by atoms with Crippen LogP contribution in [0, 0.1) is 5.92 Å². The van der Waals surface area contributed by atoms with E-state index < -0.39 is 0 Å². The summed E-state index contributed by atoms with van der Waals surface area (Å²) in [5.41, 5.74) is 2.44. The van der Waals surface area contributed by atoms with Crippen molar-refractivity contribution in [3.63, 3.8) is 0 Å². The maximum absolute atomic E-state index is 6.51. The Labute approximate surface area is 134 Å². The molecule has 1 aliphatic rings. The third kappa shape index (κ3) is 4.37. The van der Waals surface area contributed by atoms with Gasteiger partial charge in [0.15, 0.2) is 0 Å². The molecule has 3 heteroatoms. The van der Waals surface area contributed by atoms with Gasteiger partial charge in [-0.1, -0.05) is 37.9 Å². The van der Waals surface area contributed by atoms with Gasteiger partial charge in [0, 0.05) is 19.6 Å². The van der Waals surface area contributed by atoms with Gasteiger partial charge in [-0.15, -0.1) is 0 Å². The smallest absolute Gasteiger partial charge is 0.0642 e. The van der Waals surface area contributed by atoms with Gasteiger partial charge in [-0.05, 0) is 55.8 Å². The molecular weight excluding hydrogens is 280 g/mol. The Hall–Kier alpha value is -0.730. The summed E-state index contributed by atoms with van der Waals surface area (Å²) in [6, 6.07) is 7.12. The Morgan fingerprint density at radius 3 is 2.48 bits per heavy atom. The molecule has 1 saturated carbocycles. The highest BCUT2D eigenvalue weighted by atomic mass is 35.5. The molecule has 118 valence electrons. The number of benzene rings is 1. The van der Waals surface area contributed by atoms with Crippen LogP contribution in [0.2, 0.25) is 5.02 Å². The lowest BCUT2D eigenvalue weighted by molar-refractivity contribution is 0.313. The molecule has 0 aliphatic heterocycles. The third-order valence-electron chi connectivity index (χ3n) is 4.91. The molecule has 0 heterocycles. The quantitative estimate of drug-likeness (QED) is 0.807. The lowest BCUT2D eigenvalue weighted by Gasteiger charge is -2.36. The van der Waals surface area contributed by atoms with Crippen LogP contribution >= 0.6 is 11.6 Å². The fourth-order valence-corrected chi connectivity index (χ4v) is 3.69. The van der Waals surface area contributed by atoms with Crippen LogP contribution in [0.3, 0.4) is 0 Å². The fourth-order valence-electron chi connectivity index (χ4n) is 3.35. The summed E-state index contributed by atoms with van der Waals surface area (Å²) in [6.07, 6.45) is 6.65. The van der Waals surface area contributed by atoms with Gasteiger partial charge in [0.25, 0.3) is 0 Å². The molecule has 0 saturated heterocycles. The van der Waals surface area contributed by atoms with Gasteiger partial charge in [0.05, 0.1) is 10.7 Å². The second-order valence-corrected chi connectivity index (χ2v) is 6.67. The summed E-state index contributed by atoms with van der Waals surface area (Å²) in [5.74, 6) is 0.938. The van der Waals surface area contributed by atoms with Gasteiger partial charge >= 0.3 is 0 Å². The van der Waals surface area contributed by atoms with E-state index in [1.807, 2.05) is 0 Å². The molecule has 1 N–H and O–H groups in total. The average molecular weight is 309 g/mol. The zero-order chi connectivity index (χ0) is 15.2. The van der Waals surface area contributed by atoms with Crippen molar-refractivity contribution in [3.8, 4) is 0 Å². The van der Waals surface area contributed by atoms with Gasteiger partial charge in [-0.2, -0.15) is 0 Å². The SMILES string of the molecule is CCNCc1ccc(N(C)C2CCC(CC)CC2)c(Cl)c1. The summed E-state index contributed by atoms with van der Waals surface area (Å²) in [4.78, 5) is 2.39. The highest BCUT2D eigenvalue weighted by Crippen LogP contribution is 2.34. The predicted octanol–water partition coefficient (Wildman–Crippen LogP) is 4.85. The molecule has 0 aromatic heterocycles. The van der Waals surface area contributed by atoms with Crippen LogP contribution in [0.1, 0.15) is 51.5 Å². The molecule has 0 radical (unpaired) electrons. The van der Waals surface area contributed by atoms with Crippen molar-refractivity contribution < 1.29 is 0 Å². The maximum Gasteiger partial charge on any atom is 0.0642 e. The van der Waals surface area contributed by atoms with E-state index in [-0.39, 0.29) is 0 Å². The molecule has 1 aromatic rings. The summed E-state index contributed by atoms with van der Waals surface area (Å²) < 4.78 is 0. The van der Waals surface area contributed by atoms with Crippen molar-refractivity contribution in [2.24, 2.45) is 5.92 Å². The number of hydrogen-bond donors (Lipinski definition) is 1. The first kappa shape index (κ1) is 16.6. The van der Waals surface area contributed by atoms with E-state index in [1.54, 1.807) is 0 Å². The van der Waals surface area contributed by atoms with E-state index in [0.717, 1.165) is 24.0 Å². The lowest BCUT2D eigenvalue weighted by atomic mass is 9.84. The highest BCUT2D eigenvalue weighted by Gasteiger charge is 2.24. The number of hydrogen-bond acceptors (Lipinski definition) is 2. The average Bonchev–Trinajstić information content (AvgIpc) is 2.52. The molecule has 0 unspecified atom stereocenters. The number of nitrogens with one attached hydrogen (secondary N) is 1. The molecule has 0 amide bonds. The molecule has 2 nitrogen and oxygen atoms in total. The first-order valence-corrected chi connectivity index (χ1v) is 8.75. The van der Waals surface area contributed by atoms with E-state index in [9.17, 15) is 0 Å². The zero-order valence-corrected chi connectivity index (χ0v) is 14.4. The first-order valence-electron chi connectivity index (χ1n) is 8.37. The molecule has 21 heavy (non-hydrogen) atoms. The van der Waals surface area contributed by atoms with Crippen LogP contribution < -0.4 is 10.2 Å². The van der Waals surface area contributed by atoms with Crippen LogP contribution in [-0.2, 0) is 6.54 Å². The van der Waals surface area contributed by atoms with Crippen molar-refractivity contribution in [1.29, 1.82) is 0 Å². The van der Waals surface area contributed by atoms with E-state index in [4.69, 9.17) is 11.6 Å². The van der Waals surface area contributed by atoms with E-state index in [1.165, 1.54) is 43.4 Å². The van der Waals surface area contributed by atoms with Gasteiger partial charge in [-0.3, -0.25) is 0 Å². The topological polar surface area (TPSA) is 15.3 Å². The molecule has 0 bridgehead atoms. The Bertz CT molecular complexity index is 439. The minimum atomic E-state index is 0.643. The minimum absolute atomic E-state index is 0.643. The van der Waals surface area contributed by atoms with Crippen LogP contribution in [0.5, 0.6) is 0 Å². The molecule has 0 spiro atoms. The van der Waals surface area contributed by atoms with Crippen molar-refractivity contribution >= 4 is 17.3 Å². The molecule has 1 fully saturated rings. The maximum atomic E-state index is 6.51. The minimum Gasteiger partial charge on any atom is -0.370 e. The lowest BCUT2D eigenvalue weighted by Crippen LogP contribution is -2.35. The number of halogens is 1. The fraction of sp³-hybridized carbons (Fsp3) is 0.667. The van der Waals surface area contributed by atoms with Gasteiger partial charge in [0.2, 0.25) is 0 Å². The number of anilines is 1. The summed E-state index contributed by atoms with van der Waals surface area (Å²) in [6.45, 7) is 6.31. The molecule has 1 aromatic carbocycles. The number of rotatable bonds is 6. The Kier molecular flexibility index (Phi) is 6.38. The molecular formula is C18H29ClN2. The van der Waals surface area contributed by atoms with Crippen molar-refractivity contribution in [2.75, 3.05) is 18.5 Å². The first-order chi connectivity index (χ1) is 10.2. The van der Waals surface area contributed by atoms with Crippen molar-refractivity contribution in [3.05, 3.63) is 28.8 Å². The van der Waals surface area contributed by atoms with Gasteiger partial charge in [-0.25, -0.2) is 0 Å². The van der Waals surface area contributed by atoms with Crippen molar-refractivity contribution in [2.45, 2.75) is 58.5 Å². The standard InChI is InChI=1S/C18H29ClN2/c1-4-14-6-9-16(10-7-14)21(3)18-11-8-15(12-17(18)19)13-20-5-2/h8,11-12,14,16,20H,4-7,9-10,13H2,1-3H3.